The molecule has 1 fully saturated rings. The third-order valence-corrected chi connectivity index (χ3v) is 5.87. The summed E-state index contributed by atoms with van der Waals surface area (Å²) >= 11 is 0. The predicted octanol–water partition coefficient (Wildman–Crippen LogP) is 4.87. The second-order valence-corrected chi connectivity index (χ2v) is 7.29. The SMILES string of the molecule is COC(=O)C1CC=C(c2ccc(C3C=CCC3)cc2)C2(CC2)C1. The Balaban J connectivity index is 1.56. The van der Waals surface area contributed by atoms with Gasteiger partial charge >= 0.3 is 5.97 Å². The first-order chi connectivity index (χ1) is 11.2. The van der Waals surface area contributed by atoms with E-state index < -0.39 is 0 Å². The fraction of sp³-hybridized carbons (Fsp3) is 0.476. The maximum atomic E-state index is 11.9. The van der Waals surface area contributed by atoms with Crippen LogP contribution >= 0.6 is 0 Å². The van der Waals surface area contributed by atoms with Crippen LogP contribution in [0.3, 0.4) is 0 Å². The highest BCUT2D eigenvalue weighted by Gasteiger charge is 2.50. The van der Waals surface area contributed by atoms with E-state index in [0.29, 0.717) is 5.92 Å². The first kappa shape index (κ1) is 14.7. The van der Waals surface area contributed by atoms with Crippen LogP contribution in [0.4, 0.5) is 0 Å². The van der Waals surface area contributed by atoms with Crippen molar-refractivity contribution in [2.75, 3.05) is 7.11 Å². The van der Waals surface area contributed by atoms with Crippen LogP contribution in [-0.2, 0) is 9.53 Å². The molecule has 1 spiro atoms. The highest BCUT2D eigenvalue weighted by molar-refractivity contribution is 5.79. The van der Waals surface area contributed by atoms with Crippen LogP contribution in [0.25, 0.3) is 5.57 Å². The quantitative estimate of drug-likeness (QED) is 0.588. The number of rotatable bonds is 3. The van der Waals surface area contributed by atoms with E-state index in [4.69, 9.17) is 4.74 Å². The van der Waals surface area contributed by atoms with E-state index in [9.17, 15) is 4.79 Å². The van der Waals surface area contributed by atoms with Crippen LogP contribution in [0.5, 0.6) is 0 Å². The van der Waals surface area contributed by atoms with Gasteiger partial charge in [-0.2, -0.15) is 0 Å². The monoisotopic (exact) mass is 308 g/mol. The van der Waals surface area contributed by atoms with Crippen molar-refractivity contribution in [1.82, 2.24) is 0 Å². The molecular weight excluding hydrogens is 284 g/mol. The van der Waals surface area contributed by atoms with Crippen LogP contribution in [0.15, 0.2) is 42.5 Å². The van der Waals surface area contributed by atoms with Gasteiger partial charge in [-0.05, 0) is 60.6 Å². The topological polar surface area (TPSA) is 26.3 Å². The Hall–Kier alpha value is -1.83. The highest BCUT2D eigenvalue weighted by atomic mass is 16.5. The van der Waals surface area contributed by atoms with Gasteiger partial charge in [0.15, 0.2) is 0 Å². The molecular formula is C21H24O2. The first-order valence-corrected chi connectivity index (χ1v) is 8.77. The molecule has 2 heteroatoms. The lowest BCUT2D eigenvalue weighted by Gasteiger charge is -2.29. The second-order valence-electron chi connectivity index (χ2n) is 7.29. The van der Waals surface area contributed by atoms with Gasteiger partial charge in [0.2, 0.25) is 0 Å². The summed E-state index contributed by atoms with van der Waals surface area (Å²) < 4.78 is 4.95. The van der Waals surface area contributed by atoms with Gasteiger partial charge in [-0.25, -0.2) is 0 Å². The molecule has 0 bridgehead atoms. The van der Waals surface area contributed by atoms with Crippen LogP contribution in [0.2, 0.25) is 0 Å². The zero-order chi connectivity index (χ0) is 15.9. The third kappa shape index (κ3) is 2.65. The Labute approximate surface area is 138 Å². The number of carbonyl (C=O) groups is 1. The second kappa shape index (κ2) is 5.67. The van der Waals surface area contributed by atoms with Gasteiger partial charge < -0.3 is 4.74 Å². The van der Waals surface area contributed by atoms with Gasteiger partial charge in [0.25, 0.3) is 0 Å². The normalized spacial score (nSPS) is 27.8. The lowest BCUT2D eigenvalue weighted by Crippen LogP contribution is -2.24. The number of ether oxygens (including phenoxy) is 1. The molecule has 0 N–H and O–H groups in total. The van der Waals surface area contributed by atoms with Crippen LogP contribution in [-0.4, -0.2) is 13.1 Å². The number of esters is 1. The predicted molar refractivity (Wildman–Crippen MR) is 91.9 cm³/mol. The molecule has 0 radical (unpaired) electrons. The molecule has 1 aromatic carbocycles. The van der Waals surface area contributed by atoms with Crippen molar-refractivity contribution in [3.05, 3.63) is 53.6 Å². The van der Waals surface area contributed by atoms with E-state index in [1.165, 1.54) is 49.5 Å². The molecule has 23 heavy (non-hydrogen) atoms. The minimum Gasteiger partial charge on any atom is -0.469 e. The van der Waals surface area contributed by atoms with Gasteiger partial charge in [-0.3, -0.25) is 4.79 Å². The first-order valence-electron chi connectivity index (χ1n) is 8.77. The number of allylic oxidation sites excluding steroid dienone is 4. The van der Waals surface area contributed by atoms with Crippen molar-refractivity contribution in [1.29, 1.82) is 0 Å². The lowest BCUT2D eigenvalue weighted by atomic mass is 9.75. The van der Waals surface area contributed by atoms with Crippen molar-refractivity contribution in [2.45, 2.75) is 44.4 Å². The Morgan fingerprint density at radius 3 is 2.61 bits per heavy atom. The summed E-state index contributed by atoms with van der Waals surface area (Å²) in [6.07, 6.45) is 13.5. The van der Waals surface area contributed by atoms with E-state index in [0.717, 1.165) is 12.8 Å². The summed E-state index contributed by atoms with van der Waals surface area (Å²) in [6, 6.07) is 9.15. The van der Waals surface area contributed by atoms with Gasteiger partial charge in [0.05, 0.1) is 13.0 Å². The fourth-order valence-corrected chi connectivity index (χ4v) is 4.36. The summed E-state index contributed by atoms with van der Waals surface area (Å²) in [5.41, 5.74) is 4.48. The molecule has 1 aromatic rings. The summed E-state index contributed by atoms with van der Waals surface area (Å²) in [5.74, 6) is 0.604. The smallest absolute Gasteiger partial charge is 0.308 e. The Morgan fingerprint density at radius 2 is 2.00 bits per heavy atom. The number of carbonyl (C=O) groups excluding carboxylic acids is 1. The summed E-state index contributed by atoms with van der Waals surface area (Å²) in [5, 5.41) is 0. The molecule has 0 amide bonds. The molecule has 2 unspecified atom stereocenters. The van der Waals surface area contributed by atoms with Crippen molar-refractivity contribution >= 4 is 11.5 Å². The molecule has 2 atom stereocenters. The zero-order valence-corrected chi connectivity index (χ0v) is 13.8. The zero-order valence-electron chi connectivity index (χ0n) is 13.8. The Kier molecular flexibility index (Phi) is 3.63. The molecule has 120 valence electrons. The summed E-state index contributed by atoms with van der Waals surface area (Å²) in [4.78, 5) is 11.9. The Morgan fingerprint density at radius 1 is 1.22 bits per heavy atom. The molecule has 0 aromatic heterocycles. The molecule has 0 heterocycles. The molecule has 4 rings (SSSR count). The average Bonchev–Trinajstić information content (AvgIpc) is 3.14. The third-order valence-electron chi connectivity index (χ3n) is 5.87. The lowest BCUT2D eigenvalue weighted by molar-refractivity contribution is -0.146. The largest absolute Gasteiger partial charge is 0.469 e. The minimum atomic E-state index is -0.0463. The van der Waals surface area contributed by atoms with Crippen molar-refractivity contribution < 1.29 is 9.53 Å². The van der Waals surface area contributed by atoms with Crippen molar-refractivity contribution in [2.24, 2.45) is 11.3 Å². The molecule has 0 aliphatic heterocycles. The molecule has 3 aliphatic carbocycles. The van der Waals surface area contributed by atoms with Gasteiger partial charge in [0.1, 0.15) is 0 Å². The number of methoxy groups -OCH3 is 1. The summed E-state index contributed by atoms with van der Waals surface area (Å²) in [7, 11) is 1.50. The molecule has 0 saturated heterocycles. The van der Waals surface area contributed by atoms with Gasteiger partial charge in [0, 0.05) is 5.92 Å². The van der Waals surface area contributed by atoms with E-state index >= 15 is 0 Å². The standard InChI is InChI=1S/C21H24O2/c1-23-20(22)18-10-11-19(21(14-18)12-13-21)17-8-6-16(7-9-17)15-4-2-3-5-15/h2,4,6-9,11,15,18H,3,5,10,12-14H2,1H3. The highest BCUT2D eigenvalue weighted by Crippen LogP contribution is 2.62. The number of hydrogen-bond donors (Lipinski definition) is 0. The average molecular weight is 308 g/mol. The van der Waals surface area contributed by atoms with Gasteiger partial charge in [-0.15, -0.1) is 0 Å². The van der Waals surface area contributed by atoms with Crippen molar-refractivity contribution in [3.8, 4) is 0 Å². The van der Waals surface area contributed by atoms with Crippen LogP contribution in [0.1, 0.15) is 55.6 Å². The van der Waals surface area contributed by atoms with E-state index in [1.54, 1.807) is 0 Å². The maximum Gasteiger partial charge on any atom is 0.308 e. The van der Waals surface area contributed by atoms with Crippen molar-refractivity contribution in [3.63, 3.8) is 0 Å². The fourth-order valence-electron chi connectivity index (χ4n) is 4.36. The summed E-state index contributed by atoms with van der Waals surface area (Å²) in [6.45, 7) is 0. The molecule has 1 saturated carbocycles. The van der Waals surface area contributed by atoms with E-state index in [2.05, 4.69) is 42.5 Å². The number of benzene rings is 1. The maximum absolute atomic E-state index is 11.9. The van der Waals surface area contributed by atoms with E-state index in [1.807, 2.05) is 0 Å². The van der Waals surface area contributed by atoms with Crippen LogP contribution < -0.4 is 0 Å². The van der Waals surface area contributed by atoms with Gasteiger partial charge in [-0.1, -0.05) is 42.5 Å². The number of hydrogen-bond acceptors (Lipinski definition) is 2. The minimum absolute atomic E-state index is 0.0463. The van der Waals surface area contributed by atoms with Crippen LogP contribution in [0, 0.1) is 11.3 Å². The molecule has 2 nitrogen and oxygen atoms in total. The molecule has 3 aliphatic rings. The Bertz CT molecular complexity index is 662. The van der Waals surface area contributed by atoms with E-state index in [-0.39, 0.29) is 17.3 Å².